The van der Waals surface area contributed by atoms with E-state index in [2.05, 4.69) is 20.3 Å². The Morgan fingerprint density at radius 2 is 1.97 bits per heavy atom. The molecule has 0 bridgehead atoms. The van der Waals surface area contributed by atoms with Gasteiger partial charge in [0, 0.05) is 41.2 Å². The molecule has 7 nitrogen and oxygen atoms in total. The van der Waals surface area contributed by atoms with Gasteiger partial charge in [-0.3, -0.25) is 4.98 Å². The van der Waals surface area contributed by atoms with E-state index in [9.17, 15) is 5.11 Å². The van der Waals surface area contributed by atoms with Crippen molar-refractivity contribution >= 4 is 22.4 Å². The third-order valence-electron chi connectivity index (χ3n) is 4.51. The van der Waals surface area contributed by atoms with E-state index in [0.717, 1.165) is 22.2 Å². The average Bonchev–Trinajstić information content (AvgIpc) is 2.75. The van der Waals surface area contributed by atoms with Crippen LogP contribution in [0.15, 0.2) is 61.2 Å². The Kier molecular flexibility index (Phi) is 5.11. The van der Waals surface area contributed by atoms with E-state index < -0.39 is 0 Å². The highest BCUT2D eigenvalue weighted by Crippen LogP contribution is 2.35. The van der Waals surface area contributed by atoms with Gasteiger partial charge < -0.3 is 19.9 Å². The quantitative estimate of drug-likeness (QED) is 0.507. The predicted octanol–water partition coefficient (Wildman–Crippen LogP) is 4.37. The van der Waals surface area contributed by atoms with Gasteiger partial charge in [0.05, 0.1) is 12.6 Å². The molecule has 0 unspecified atom stereocenters. The number of nitrogens with one attached hydrogen (secondary N) is 1. The zero-order chi connectivity index (χ0) is 20.2. The Labute approximate surface area is 168 Å². The molecule has 0 atom stereocenters. The number of aryl methyl sites for hydroxylation is 1. The van der Waals surface area contributed by atoms with Crippen molar-refractivity contribution in [2.75, 3.05) is 12.4 Å². The number of aromatic nitrogens is 3. The third kappa shape index (κ3) is 4.03. The second kappa shape index (κ2) is 8.02. The van der Waals surface area contributed by atoms with Gasteiger partial charge in [-0.2, -0.15) is 0 Å². The lowest BCUT2D eigenvalue weighted by atomic mass is 10.2. The van der Waals surface area contributed by atoms with Crippen LogP contribution in [0.4, 0.5) is 11.5 Å². The Hall–Kier alpha value is -3.87. The monoisotopic (exact) mass is 388 g/mol. The molecule has 0 aliphatic carbocycles. The molecule has 0 spiro atoms. The van der Waals surface area contributed by atoms with Gasteiger partial charge in [0.25, 0.3) is 0 Å². The zero-order valence-electron chi connectivity index (χ0n) is 16.1. The second-order valence-corrected chi connectivity index (χ2v) is 6.52. The van der Waals surface area contributed by atoms with Crippen molar-refractivity contribution in [2.45, 2.75) is 13.5 Å². The SMILES string of the molecule is COc1cc2c(Nc3ccc(C)c(O)c3)ncnc2cc1OCc1cccnc1. The summed E-state index contributed by atoms with van der Waals surface area (Å²) in [6, 6.07) is 12.9. The van der Waals surface area contributed by atoms with Gasteiger partial charge in [-0.05, 0) is 30.7 Å². The molecular formula is C22H20N4O3. The van der Waals surface area contributed by atoms with Gasteiger partial charge >= 0.3 is 0 Å². The summed E-state index contributed by atoms with van der Waals surface area (Å²) in [5.74, 6) is 1.99. The molecule has 0 aliphatic rings. The topological polar surface area (TPSA) is 89.4 Å². The van der Waals surface area contributed by atoms with Crippen LogP contribution in [0.5, 0.6) is 17.2 Å². The highest BCUT2D eigenvalue weighted by Gasteiger charge is 2.12. The Morgan fingerprint density at radius 1 is 1.07 bits per heavy atom. The number of ether oxygens (including phenoxy) is 2. The molecule has 2 aromatic carbocycles. The van der Waals surface area contributed by atoms with Crippen molar-refractivity contribution in [2.24, 2.45) is 0 Å². The number of nitrogens with zero attached hydrogens (tertiary/aromatic N) is 3. The number of fused-ring (bicyclic) bond motifs is 1. The molecule has 146 valence electrons. The van der Waals surface area contributed by atoms with Crippen LogP contribution in [0.25, 0.3) is 10.9 Å². The van der Waals surface area contributed by atoms with Gasteiger partial charge in [-0.1, -0.05) is 12.1 Å². The molecule has 29 heavy (non-hydrogen) atoms. The predicted molar refractivity (Wildman–Crippen MR) is 111 cm³/mol. The lowest BCUT2D eigenvalue weighted by Crippen LogP contribution is -2.00. The van der Waals surface area contributed by atoms with Crippen molar-refractivity contribution in [3.05, 3.63) is 72.3 Å². The summed E-state index contributed by atoms with van der Waals surface area (Å²) in [5.41, 5.74) is 3.20. The van der Waals surface area contributed by atoms with Gasteiger partial charge in [0.1, 0.15) is 24.5 Å². The van der Waals surface area contributed by atoms with Crippen LogP contribution in [0.2, 0.25) is 0 Å². The highest BCUT2D eigenvalue weighted by atomic mass is 16.5. The molecule has 0 saturated heterocycles. The summed E-state index contributed by atoms with van der Waals surface area (Å²) in [6.45, 7) is 2.21. The molecule has 7 heteroatoms. The fourth-order valence-electron chi connectivity index (χ4n) is 2.90. The largest absolute Gasteiger partial charge is 0.508 e. The summed E-state index contributed by atoms with van der Waals surface area (Å²) < 4.78 is 11.4. The number of phenolic OH excluding ortho intramolecular Hbond substituents is 1. The minimum absolute atomic E-state index is 0.219. The van der Waals surface area contributed by atoms with Crippen LogP contribution in [0.3, 0.4) is 0 Å². The van der Waals surface area contributed by atoms with E-state index in [1.807, 2.05) is 43.3 Å². The third-order valence-corrected chi connectivity index (χ3v) is 4.51. The lowest BCUT2D eigenvalue weighted by molar-refractivity contribution is 0.284. The molecule has 0 fully saturated rings. The van der Waals surface area contributed by atoms with Crippen LogP contribution >= 0.6 is 0 Å². The van der Waals surface area contributed by atoms with Gasteiger partial charge in [-0.15, -0.1) is 0 Å². The van der Waals surface area contributed by atoms with E-state index in [-0.39, 0.29) is 5.75 Å². The zero-order valence-corrected chi connectivity index (χ0v) is 16.1. The van der Waals surface area contributed by atoms with Gasteiger partial charge in [-0.25, -0.2) is 9.97 Å². The fourth-order valence-corrected chi connectivity index (χ4v) is 2.90. The molecule has 0 amide bonds. The van der Waals surface area contributed by atoms with E-state index in [0.29, 0.717) is 29.4 Å². The number of benzene rings is 2. The fraction of sp³-hybridized carbons (Fsp3) is 0.136. The van der Waals surface area contributed by atoms with Crippen molar-refractivity contribution in [3.8, 4) is 17.2 Å². The number of rotatable bonds is 6. The van der Waals surface area contributed by atoms with Crippen molar-refractivity contribution < 1.29 is 14.6 Å². The first-order chi connectivity index (χ1) is 14.1. The van der Waals surface area contributed by atoms with E-state index in [4.69, 9.17) is 9.47 Å². The normalized spacial score (nSPS) is 10.7. The minimum atomic E-state index is 0.219. The molecular weight excluding hydrogens is 368 g/mol. The van der Waals surface area contributed by atoms with Crippen LogP contribution in [-0.4, -0.2) is 27.2 Å². The Morgan fingerprint density at radius 3 is 2.72 bits per heavy atom. The molecule has 4 aromatic rings. The molecule has 0 aliphatic heterocycles. The smallest absolute Gasteiger partial charge is 0.163 e. The Bertz CT molecular complexity index is 1150. The van der Waals surface area contributed by atoms with Crippen molar-refractivity contribution in [1.82, 2.24) is 15.0 Å². The summed E-state index contributed by atoms with van der Waals surface area (Å²) >= 11 is 0. The molecule has 0 radical (unpaired) electrons. The molecule has 2 heterocycles. The first kappa shape index (κ1) is 18.5. The van der Waals surface area contributed by atoms with Crippen molar-refractivity contribution in [3.63, 3.8) is 0 Å². The summed E-state index contributed by atoms with van der Waals surface area (Å²) in [5, 5.41) is 14.0. The van der Waals surface area contributed by atoms with Crippen LogP contribution in [0, 0.1) is 6.92 Å². The van der Waals surface area contributed by atoms with Crippen LogP contribution in [-0.2, 0) is 6.61 Å². The van der Waals surface area contributed by atoms with E-state index >= 15 is 0 Å². The van der Waals surface area contributed by atoms with Gasteiger partial charge in [0.2, 0.25) is 0 Å². The summed E-state index contributed by atoms with van der Waals surface area (Å²) in [6.07, 6.45) is 4.96. The number of aromatic hydroxyl groups is 1. The number of hydrogen-bond donors (Lipinski definition) is 2. The van der Waals surface area contributed by atoms with E-state index in [1.165, 1.54) is 6.33 Å². The number of pyridine rings is 1. The first-order valence-corrected chi connectivity index (χ1v) is 9.05. The molecule has 0 saturated carbocycles. The summed E-state index contributed by atoms with van der Waals surface area (Å²) in [4.78, 5) is 12.8. The first-order valence-electron chi connectivity index (χ1n) is 9.05. The lowest BCUT2D eigenvalue weighted by Gasteiger charge is -2.14. The average molecular weight is 388 g/mol. The maximum absolute atomic E-state index is 9.95. The standard InChI is InChI=1S/C22H20N4O3/c1-14-5-6-16(8-19(14)27)26-22-17-9-20(28-2)21(10-18(17)24-13-25-22)29-12-15-4-3-7-23-11-15/h3-11,13,27H,12H2,1-2H3,(H,24,25,26). The summed E-state index contributed by atoms with van der Waals surface area (Å²) in [7, 11) is 1.59. The maximum Gasteiger partial charge on any atom is 0.163 e. The molecule has 2 N–H and O–H groups in total. The van der Waals surface area contributed by atoms with Gasteiger partial charge in [0.15, 0.2) is 11.5 Å². The number of phenols is 1. The second-order valence-electron chi connectivity index (χ2n) is 6.52. The maximum atomic E-state index is 9.95. The Balaban J connectivity index is 1.66. The van der Waals surface area contributed by atoms with Crippen LogP contribution < -0.4 is 14.8 Å². The minimum Gasteiger partial charge on any atom is -0.508 e. The highest BCUT2D eigenvalue weighted by molar-refractivity contribution is 5.93. The van der Waals surface area contributed by atoms with Crippen LogP contribution in [0.1, 0.15) is 11.1 Å². The number of anilines is 2. The number of methoxy groups -OCH3 is 1. The molecule has 2 aromatic heterocycles. The van der Waals surface area contributed by atoms with E-state index in [1.54, 1.807) is 25.6 Å². The molecule has 4 rings (SSSR count). The van der Waals surface area contributed by atoms with Crippen molar-refractivity contribution in [1.29, 1.82) is 0 Å². The number of hydrogen-bond acceptors (Lipinski definition) is 7.